The molecule has 0 spiro atoms. The summed E-state index contributed by atoms with van der Waals surface area (Å²) in [5.74, 6) is 0.349. The summed E-state index contributed by atoms with van der Waals surface area (Å²) in [6, 6.07) is 16.2. The standard InChI is InChI=1S/C22H24N4O2/c1-16-7-6-10-19(17(16)2)25-11-13-26(14-12-25)22(27)21-24-23-20(28-21)15-18-8-4-3-5-9-18/h3-10H,11-15H2,1-2H3. The van der Waals surface area contributed by atoms with Crippen molar-refractivity contribution in [3.05, 3.63) is 77.0 Å². The highest BCUT2D eigenvalue weighted by Gasteiger charge is 2.26. The van der Waals surface area contributed by atoms with Gasteiger partial charge in [-0.05, 0) is 36.6 Å². The van der Waals surface area contributed by atoms with E-state index in [1.807, 2.05) is 30.3 Å². The Balaban J connectivity index is 1.38. The van der Waals surface area contributed by atoms with E-state index < -0.39 is 0 Å². The van der Waals surface area contributed by atoms with E-state index in [1.54, 1.807) is 4.90 Å². The van der Waals surface area contributed by atoms with Gasteiger partial charge in [0.2, 0.25) is 5.89 Å². The molecule has 0 bridgehead atoms. The van der Waals surface area contributed by atoms with Gasteiger partial charge in [0.15, 0.2) is 0 Å². The zero-order chi connectivity index (χ0) is 19.5. The Morgan fingerprint density at radius 3 is 2.46 bits per heavy atom. The first-order valence-corrected chi connectivity index (χ1v) is 9.58. The summed E-state index contributed by atoms with van der Waals surface area (Å²) >= 11 is 0. The predicted octanol–water partition coefficient (Wildman–Crippen LogP) is 3.24. The van der Waals surface area contributed by atoms with E-state index in [1.165, 1.54) is 16.8 Å². The van der Waals surface area contributed by atoms with E-state index in [4.69, 9.17) is 4.42 Å². The summed E-state index contributed by atoms with van der Waals surface area (Å²) in [6.07, 6.45) is 0.529. The van der Waals surface area contributed by atoms with Crippen LogP contribution in [-0.4, -0.2) is 47.2 Å². The largest absolute Gasteiger partial charge is 0.417 e. The summed E-state index contributed by atoms with van der Waals surface area (Å²) < 4.78 is 5.62. The lowest BCUT2D eigenvalue weighted by Crippen LogP contribution is -2.49. The van der Waals surface area contributed by atoms with Crippen LogP contribution in [0.1, 0.15) is 33.3 Å². The first kappa shape index (κ1) is 18.2. The number of piperazine rings is 1. The Hall–Kier alpha value is -3.15. The molecular formula is C22H24N4O2. The predicted molar refractivity (Wildman–Crippen MR) is 108 cm³/mol. The van der Waals surface area contributed by atoms with Crippen LogP contribution in [0.3, 0.4) is 0 Å². The number of amides is 1. The zero-order valence-corrected chi connectivity index (χ0v) is 16.3. The Bertz CT molecular complexity index is 960. The van der Waals surface area contributed by atoms with Gasteiger partial charge in [-0.3, -0.25) is 4.79 Å². The van der Waals surface area contributed by atoms with Crippen molar-refractivity contribution in [3.8, 4) is 0 Å². The average molecular weight is 376 g/mol. The fourth-order valence-electron chi connectivity index (χ4n) is 3.55. The van der Waals surface area contributed by atoms with E-state index in [9.17, 15) is 4.79 Å². The fourth-order valence-corrected chi connectivity index (χ4v) is 3.55. The van der Waals surface area contributed by atoms with Crippen molar-refractivity contribution in [1.82, 2.24) is 15.1 Å². The van der Waals surface area contributed by atoms with Gasteiger partial charge in [0.1, 0.15) is 0 Å². The summed E-state index contributed by atoms with van der Waals surface area (Å²) in [5, 5.41) is 8.01. The first-order valence-electron chi connectivity index (χ1n) is 9.58. The van der Waals surface area contributed by atoms with Gasteiger partial charge >= 0.3 is 11.8 Å². The Morgan fingerprint density at radius 2 is 1.71 bits per heavy atom. The number of benzene rings is 2. The quantitative estimate of drug-likeness (QED) is 0.699. The van der Waals surface area contributed by atoms with Crippen LogP contribution in [-0.2, 0) is 6.42 Å². The molecule has 144 valence electrons. The monoisotopic (exact) mass is 376 g/mol. The van der Waals surface area contributed by atoms with E-state index >= 15 is 0 Å². The van der Waals surface area contributed by atoms with Crippen molar-refractivity contribution < 1.29 is 9.21 Å². The van der Waals surface area contributed by atoms with Crippen LogP contribution in [0.5, 0.6) is 0 Å². The molecule has 1 fully saturated rings. The summed E-state index contributed by atoms with van der Waals surface area (Å²) in [4.78, 5) is 16.9. The van der Waals surface area contributed by atoms with Crippen LogP contribution in [0.25, 0.3) is 0 Å². The van der Waals surface area contributed by atoms with Crippen molar-refractivity contribution in [2.24, 2.45) is 0 Å². The van der Waals surface area contributed by atoms with Crippen LogP contribution in [0.2, 0.25) is 0 Å². The molecule has 0 atom stereocenters. The highest BCUT2D eigenvalue weighted by molar-refractivity contribution is 5.89. The van der Waals surface area contributed by atoms with Crippen molar-refractivity contribution >= 4 is 11.6 Å². The molecule has 0 unspecified atom stereocenters. The molecule has 6 nitrogen and oxygen atoms in total. The number of aromatic nitrogens is 2. The lowest BCUT2D eigenvalue weighted by atomic mass is 10.1. The Morgan fingerprint density at radius 1 is 0.964 bits per heavy atom. The van der Waals surface area contributed by atoms with Gasteiger partial charge in [0.25, 0.3) is 0 Å². The third-order valence-corrected chi connectivity index (χ3v) is 5.33. The van der Waals surface area contributed by atoms with Gasteiger partial charge < -0.3 is 14.2 Å². The van der Waals surface area contributed by atoms with Crippen molar-refractivity contribution in [2.45, 2.75) is 20.3 Å². The van der Waals surface area contributed by atoms with Crippen LogP contribution in [0.15, 0.2) is 52.9 Å². The van der Waals surface area contributed by atoms with Gasteiger partial charge in [-0.15, -0.1) is 10.2 Å². The average Bonchev–Trinajstić information content (AvgIpc) is 3.19. The van der Waals surface area contributed by atoms with E-state index in [-0.39, 0.29) is 11.8 Å². The molecule has 1 amide bonds. The third-order valence-electron chi connectivity index (χ3n) is 5.33. The second-order valence-electron chi connectivity index (χ2n) is 7.16. The maximum Gasteiger partial charge on any atom is 0.311 e. The molecule has 0 N–H and O–H groups in total. The fraction of sp³-hybridized carbons (Fsp3) is 0.318. The molecule has 1 aromatic heterocycles. The number of carbonyl (C=O) groups excluding carboxylic acids is 1. The smallest absolute Gasteiger partial charge is 0.311 e. The normalized spacial score (nSPS) is 14.4. The number of carbonyl (C=O) groups is 1. The number of rotatable bonds is 4. The lowest BCUT2D eigenvalue weighted by molar-refractivity contribution is 0.0704. The maximum atomic E-state index is 12.7. The topological polar surface area (TPSA) is 62.5 Å². The van der Waals surface area contributed by atoms with Crippen molar-refractivity contribution in [3.63, 3.8) is 0 Å². The number of nitrogens with zero attached hydrogens (tertiary/aromatic N) is 4. The Labute approximate surface area is 164 Å². The molecule has 1 aliphatic rings. The lowest BCUT2D eigenvalue weighted by Gasteiger charge is -2.36. The molecule has 28 heavy (non-hydrogen) atoms. The molecular weight excluding hydrogens is 352 g/mol. The SMILES string of the molecule is Cc1cccc(N2CCN(C(=O)c3nnc(Cc4ccccc4)o3)CC2)c1C. The molecule has 3 aromatic rings. The van der Waals surface area contributed by atoms with Crippen molar-refractivity contribution in [2.75, 3.05) is 31.1 Å². The number of hydrogen-bond acceptors (Lipinski definition) is 5. The molecule has 0 aliphatic carbocycles. The van der Waals surface area contributed by atoms with Crippen LogP contribution < -0.4 is 4.90 Å². The molecule has 0 radical (unpaired) electrons. The molecule has 2 aromatic carbocycles. The number of anilines is 1. The van der Waals surface area contributed by atoms with Gasteiger partial charge in [-0.1, -0.05) is 42.5 Å². The van der Waals surface area contributed by atoms with E-state index in [2.05, 4.69) is 47.1 Å². The maximum absolute atomic E-state index is 12.7. The second kappa shape index (κ2) is 7.84. The van der Waals surface area contributed by atoms with Gasteiger partial charge in [0.05, 0.1) is 6.42 Å². The molecule has 6 heteroatoms. The first-order chi connectivity index (χ1) is 13.6. The number of aryl methyl sites for hydroxylation is 1. The van der Waals surface area contributed by atoms with Crippen LogP contribution in [0.4, 0.5) is 5.69 Å². The molecule has 1 saturated heterocycles. The number of hydrogen-bond donors (Lipinski definition) is 0. The molecule has 0 saturated carbocycles. The van der Waals surface area contributed by atoms with Gasteiger partial charge in [0, 0.05) is 31.9 Å². The summed E-state index contributed by atoms with van der Waals surface area (Å²) in [7, 11) is 0. The zero-order valence-electron chi connectivity index (χ0n) is 16.3. The highest BCUT2D eigenvalue weighted by Crippen LogP contribution is 2.24. The van der Waals surface area contributed by atoms with Crippen LogP contribution >= 0.6 is 0 Å². The van der Waals surface area contributed by atoms with E-state index in [0.29, 0.717) is 25.4 Å². The van der Waals surface area contributed by atoms with Gasteiger partial charge in [-0.2, -0.15) is 0 Å². The summed E-state index contributed by atoms with van der Waals surface area (Å²) in [6.45, 7) is 7.14. The van der Waals surface area contributed by atoms with E-state index in [0.717, 1.165) is 18.7 Å². The highest BCUT2D eigenvalue weighted by atomic mass is 16.4. The van der Waals surface area contributed by atoms with Crippen LogP contribution in [0, 0.1) is 13.8 Å². The minimum atomic E-state index is -0.188. The minimum Gasteiger partial charge on any atom is -0.417 e. The van der Waals surface area contributed by atoms with Crippen molar-refractivity contribution in [1.29, 1.82) is 0 Å². The molecule has 4 rings (SSSR count). The third kappa shape index (κ3) is 3.76. The van der Waals surface area contributed by atoms with Gasteiger partial charge in [-0.25, -0.2) is 0 Å². The minimum absolute atomic E-state index is 0.0751. The second-order valence-corrected chi connectivity index (χ2v) is 7.16. The Kier molecular flexibility index (Phi) is 5.10. The summed E-state index contributed by atoms with van der Waals surface area (Å²) in [5.41, 5.74) is 4.90. The molecule has 2 heterocycles. The molecule has 1 aliphatic heterocycles.